The topological polar surface area (TPSA) is 82.1 Å². The third kappa shape index (κ3) is 3.61. The highest BCUT2D eigenvalue weighted by molar-refractivity contribution is 7.10. The van der Waals surface area contributed by atoms with Gasteiger partial charge in [0.15, 0.2) is 0 Å². The maximum absolute atomic E-state index is 12.9. The number of hydrogen-bond acceptors (Lipinski definition) is 7. The summed E-state index contributed by atoms with van der Waals surface area (Å²) in [5.74, 6) is -0.562. The van der Waals surface area contributed by atoms with Gasteiger partial charge >= 0.3 is 5.97 Å². The van der Waals surface area contributed by atoms with Gasteiger partial charge in [0.2, 0.25) is 0 Å². The van der Waals surface area contributed by atoms with Crippen molar-refractivity contribution in [2.45, 2.75) is 38.9 Å². The number of fused-ring (bicyclic) bond motifs is 2. The Morgan fingerprint density at radius 3 is 2.67 bits per heavy atom. The molecule has 1 unspecified atom stereocenters. The molecule has 0 saturated heterocycles. The second kappa shape index (κ2) is 7.52. The number of esters is 1. The number of nitrogens with zero attached hydrogens (tertiary/aromatic N) is 1. The molecule has 0 aliphatic carbocycles. The number of rotatable bonds is 4. The zero-order valence-corrected chi connectivity index (χ0v) is 18.1. The lowest BCUT2D eigenvalue weighted by atomic mass is 10.0. The van der Waals surface area contributed by atoms with Crippen LogP contribution in [0.3, 0.4) is 0 Å². The highest BCUT2D eigenvalue weighted by Crippen LogP contribution is 2.37. The number of benzene rings is 1. The Labute approximate surface area is 178 Å². The second-order valence-corrected chi connectivity index (χ2v) is 9.15. The van der Waals surface area contributed by atoms with Crippen molar-refractivity contribution >= 4 is 29.1 Å². The average Bonchev–Trinajstić information content (AvgIpc) is 3.22. The number of hydrogen-bond donors (Lipinski definition) is 0. The first kappa shape index (κ1) is 20.6. The fourth-order valence-corrected chi connectivity index (χ4v) is 4.80. The van der Waals surface area contributed by atoms with E-state index < -0.39 is 11.7 Å². The van der Waals surface area contributed by atoms with Gasteiger partial charge < -0.3 is 14.2 Å². The van der Waals surface area contributed by atoms with Crippen LogP contribution in [0.15, 0.2) is 23.6 Å². The van der Waals surface area contributed by atoms with Gasteiger partial charge in [-0.15, -0.1) is 11.3 Å². The van der Waals surface area contributed by atoms with Crippen molar-refractivity contribution in [2.24, 2.45) is 0 Å². The second-order valence-electron chi connectivity index (χ2n) is 8.24. The molecule has 1 atom stereocenters. The summed E-state index contributed by atoms with van der Waals surface area (Å²) < 4.78 is 16.6. The molecule has 3 heterocycles. The highest BCUT2D eigenvalue weighted by Gasteiger charge is 2.39. The molecule has 7 nitrogen and oxygen atoms in total. The van der Waals surface area contributed by atoms with Crippen LogP contribution in [0.4, 0.5) is 0 Å². The number of imide groups is 1. The summed E-state index contributed by atoms with van der Waals surface area (Å²) in [7, 11) is 1.51. The Kier molecular flexibility index (Phi) is 5.15. The van der Waals surface area contributed by atoms with Gasteiger partial charge in [-0.05, 0) is 51.0 Å². The number of amides is 2. The minimum Gasteiger partial charge on any atom is -0.497 e. The van der Waals surface area contributed by atoms with Crippen LogP contribution in [0.1, 0.15) is 68.4 Å². The number of ether oxygens (including phenoxy) is 3. The zero-order chi connectivity index (χ0) is 21.6. The minimum absolute atomic E-state index is 0.0932. The number of thiophene rings is 1. The van der Waals surface area contributed by atoms with Gasteiger partial charge in [-0.25, -0.2) is 4.79 Å². The molecule has 0 spiro atoms. The molecule has 4 rings (SSSR count). The third-order valence-corrected chi connectivity index (χ3v) is 6.15. The lowest BCUT2D eigenvalue weighted by Gasteiger charge is -2.27. The number of carbonyl (C=O) groups excluding carboxylic acids is 3. The normalized spacial score (nSPS) is 18.3. The SMILES string of the molecule is COc1ccc2c(c1)C(=O)N(CC1OCCc3c(C(=O)OC(C)(C)C)csc31)C2=O. The summed E-state index contributed by atoms with van der Waals surface area (Å²) in [4.78, 5) is 40.3. The van der Waals surface area contributed by atoms with E-state index in [9.17, 15) is 14.4 Å². The van der Waals surface area contributed by atoms with Gasteiger partial charge in [0.05, 0.1) is 37.0 Å². The predicted octanol–water partition coefficient (Wildman–Crippen LogP) is 3.62. The summed E-state index contributed by atoms with van der Waals surface area (Å²) >= 11 is 1.40. The van der Waals surface area contributed by atoms with Gasteiger partial charge in [0.1, 0.15) is 17.5 Å². The van der Waals surface area contributed by atoms with Gasteiger partial charge in [0, 0.05) is 10.3 Å². The maximum atomic E-state index is 12.9. The Balaban J connectivity index is 1.57. The molecule has 2 aliphatic heterocycles. The van der Waals surface area contributed by atoms with Gasteiger partial charge in [-0.3, -0.25) is 14.5 Å². The molecule has 2 aromatic rings. The molecule has 0 bridgehead atoms. The molecule has 1 aromatic heterocycles. The molecule has 1 aromatic carbocycles. The lowest BCUT2D eigenvalue weighted by Crippen LogP contribution is -2.36. The monoisotopic (exact) mass is 429 g/mol. The fraction of sp³-hybridized carbons (Fsp3) is 0.409. The number of carbonyl (C=O) groups is 3. The third-order valence-electron chi connectivity index (χ3n) is 5.03. The van der Waals surface area contributed by atoms with Crippen LogP contribution >= 0.6 is 11.3 Å². The molecule has 0 fully saturated rings. The van der Waals surface area contributed by atoms with E-state index in [0.29, 0.717) is 35.5 Å². The van der Waals surface area contributed by atoms with Crippen LogP contribution in [0.2, 0.25) is 0 Å². The molecule has 8 heteroatoms. The van der Waals surface area contributed by atoms with Crippen molar-refractivity contribution in [3.63, 3.8) is 0 Å². The Bertz CT molecular complexity index is 1030. The van der Waals surface area contributed by atoms with E-state index in [-0.39, 0.29) is 24.3 Å². The summed E-state index contributed by atoms with van der Waals surface area (Å²) in [5, 5.41) is 1.77. The van der Waals surface area contributed by atoms with Crippen molar-refractivity contribution in [2.75, 3.05) is 20.3 Å². The first-order chi connectivity index (χ1) is 14.2. The van der Waals surface area contributed by atoms with Crippen molar-refractivity contribution in [3.8, 4) is 5.75 Å². The summed E-state index contributed by atoms with van der Waals surface area (Å²) in [5.41, 5.74) is 1.51. The van der Waals surface area contributed by atoms with Gasteiger partial charge in [0.25, 0.3) is 11.8 Å². The smallest absolute Gasteiger partial charge is 0.339 e. The van der Waals surface area contributed by atoms with Crippen molar-refractivity contribution < 1.29 is 28.6 Å². The van der Waals surface area contributed by atoms with Crippen LogP contribution in [0.25, 0.3) is 0 Å². The average molecular weight is 429 g/mol. The van der Waals surface area contributed by atoms with Gasteiger partial charge in [-0.1, -0.05) is 0 Å². The Morgan fingerprint density at radius 1 is 1.23 bits per heavy atom. The summed E-state index contributed by atoms with van der Waals surface area (Å²) in [6.45, 7) is 5.98. The number of methoxy groups -OCH3 is 1. The fourth-order valence-electron chi connectivity index (χ4n) is 3.67. The van der Waals surface area contributed by atoms with Crippen molar-refractivity contribution in [3.05, 3.63) is 50.7 Å². The van der Waals surface area contributed by atoms with Crippen LogP contribution in [0, 0.1) is 0 Å². The largest absolute Gasteiger partial charge is 0.497 e. The van der Waals surface area contributed by atoms with E-state index in [1.807, 2.05) is 20.8 Å². The van der Waals surface area contributed by atoms with Gasteiger partial charge in [-0.2, -0.15) is 0 Å². The first-order valence-corrected chi connectivity index (χ1v) is 10.6. The maximum Gasteiger partial charge on any atom is 0.339 e. The highest BCUT2D eigenvalue weighted by atomic mass is 32.1. The van der Waals surface area contributed by atoms with Crippen LogP contribution < -0.4 is 4.74 Å². The predicted molar refractivity (Wildman–Crippen MR) is 110 cm³/mol. The molecule has 0 saturated carbocycles. The van der Waals surface area contributed by atoms with Crippen LogP contribution in [0.5, 0.6) is 5.75 Å². The molecule has 30 heavy (non-hydrogen) atoms. The van der Waals surface area contributed by atoms with E-state index in [4.69, 9.17) is 14.2 Å². The summed E-state index contributed by atoms with van der Waals surface area (Å²) in [6.07, 6.45) is 0.113. The Hall–Kier alpha value is -2.71. The van der Waals surface area contributed by atoms with E-state index in [2.05, 4.69) is 0 Å². The standard InChI is InChI=1S/C22H23NO6S/c1-22(2,3)29-21(26)16-11-30-18-13(16)7-8-28-17(18)10-23-19(24)14-6-5-12(27-4)9-15(14)20(23)25/h5-6,9,11,17H,7-8,10H2,1-4H3. The Morgan fingerprint density at radius 2 is 1.97 bits per heavy atom. The molecule has 2 amide bonds. The van der Waals surface area contributed by atoms with E-state index in [0.717, 1.165) is 10.4 Å². The molecule has 2 aliphatic rings. The zero-order valence-electron chi connectivity index (χ0n) is 17.3. The molecule has 0 radical (unpaired) electrons. The quantitative estimate of drug-likeness (QED) is 0.545. The minimum atomic E-state index is -0.586. The molecule has 0 N–H and O–H groups in total. The lowest BCUT2D eigenvalue weighted by molar-refractivity contribution is 0.00560. The van der Waals surface area contributed by atoms with E-state index in [1.165, 1.54) is 23.3 Å². The van der Waals surface area contributed by atoms with Crippen molar-refractivity contribution in [1.82, 2.24) is 4.90 Å². The van der Waals surface area contributed by atoms with E-state index >= 15 is 0 Å². The van der Waals surface area contributed by atoms with E-state index in [1.54, 1.807) is 23.6 Å². The first-order valence-electron chi connectivity index (χ1n) is 9.69. The van der Waals surface area contributed by atoms with Crippen LogP contribution in [-0.2, 0) is 15.9 Å². The molecular weight excluding hydrogens is 406 g/mol. The summed E-state index contributed by atoms with van der Waals surface area (Å²) in [6, 6.07) is 4.84. The van der Waals surface area contributed by atoms with Crippen molar-refractivity contribution in [1.29, 1.82) is 0 Å². The molecular formula is C22H23NO6S. The van der Waals surface area contributed by atoms with Crippen LogP contribution in [-0.4, -0.2) is 48.5 Å². The molecule has 158 valence electrons.